The summed E-state index contributed by atoms with van der Waals surface area (Å²) in [7, 11) is 0. The molecule has 0 N–H and O–H groups in total. The van der Waals surface area contributed by atoms with Crippen LogP contribution in [0.5, 0.6) is 0 Å². The van der Waals surface area contributed by atoms with Gasteiger partial charge in [0.15, 0.2) is 6.29 Å². The quantitative estimate of drug-likeness (QED) is 0.683. The molecule has 0 saturated heterocycles. The average molecular weight is 220 g/mol. The molecule has 1 aromatic carbocycles. The van der Waals surface area contributed by atoms with E-state index in [0.717, 1.165) is 5.57 Å². The van der Waals surface area contributed by atoms with E-state index < -0.39 is 0 Å². The minimum atomic E-state index is -0.227. The van der Waals surface area contributed by atoms with Crippen LogP contribution in [0.3, 0.4) is 0 Å². The lowest BCUT2D eigenvalue weighted by atomic mass is 10.1. The van der Waals surface area contributed by atoms with Gasteiger partial charge >= 0.3 is 0 Å². The summed E-state index contributed by atoms with van der Waals surface area (Å²) in [5.41, 5.74) is 2.26. The number of ether oxygens (including phenoxy) is 2. The Bertz CT molecular complexity index is 311. The van der Waals surface area contributed by atoms with Gasteiger partial charge in [0, 0.05) is 13.2 Å². The molecule has 0 atom stereocenters. The van der Waals surface area contributed by atoms with Gasteiger partial charge < -0.3 is 9.47 Å². The molecule has 0 fully saturated rings. The molecule has 1 aromatic rings. The molecule has 0 amide bonds. The highest BCUT2D eigenvalue weighted by molar-refractivity contribution is 5.52. The number of hydrogen-bond acceptors (Lipinski definition) is 2. The largest absolute Gasteiger partial charge is 0.349 e. The summed E-state index contributed by atoms with van der Waals surface area (Å²) in [5.74, 6) is 0. The van der Waals surface area contributed by atoms with Crippen molar-refractivity contribution < 1.29 is 9.47 Å². The molecular weight excluding hydrogens is 200 g/mol. The van der Waals surface area contributed by atoms with Crippen LogP contribution in [-0.2, 0) is 9.47 Å². The molecule has 0 radical (unpaired) electrons. The zero-order valence-electron chi connectivity index (χ0n) is 10.3. The maximum absolute atomic E-state index is 5.53. The summed E-state index contributed by atoms with van der Waals surface area (Å²) >= 11 is 0. The fourth-order valence-electron chi connectivity index (χ4n) is 1.49. The normalized spacial score (nSPS) is 12.1. The Labute approximate surface area is 97.9 Å². The summed E-state index contributed by atoms with van der Waals surface area (Å²) in [5, 5.41) is 0. The number of rotatable bonds is 6. The molecule has 0 unspecified atom stereocenters. The fraction of sp³-hybridized carbons (Fsp3) is 0.429. The molecule has 16 heavy (non-hydrogen) atoms. The van der Waals surface area contributed by atoms with Crippen LogP contribution in [0.1, 0.15) is 26.3 Å². The molecule has 0 aliphatic carbocycles. The van der Waals surface area contributed by atoms with Crippen molar-refractivity contribution in [3.63, 3.8) is 0 Å². The van der Waals surface area contributed by atoms with Crippen LogP contribution in [0.2, 0.25) is 0 Å². The second-order valence-electron chi connectivity index (χ2n) is 3.54. The Kier molecular flexibility index (Phi) is 5.83. The minimum Gasteiger partial charge on any atom is -0.349 e. The molecule has 0 spiro atoms. The highest BCUT2D eigenvalue weighted by Gasteiger charge is 2.09. The van der Waals surface area contributed by atoms with Gasteiger partial charge in [0.25, 0.3) is 0 Å². The summed E-state index contributed by atoms with van der Waals surface area (Å²) in [4.78, 5) is 0. The van der Waals surface area contributed by atoms with E-state index in [-0.39, 0.29) is 6.29 Å². The van der Waals surface area contributed by atoms with Gasteiger partial charge in [0.1, 0.15) is 0 Å². The zero-order chi connectivity index (χ0) is 11.8. The van der Waals surface area contributed by atoms with Crippen molar-refractivity contribution in [1.29, 1.82) is 0 Å². The van der Waals surface area contributed by atoms with Crippen molar-refractivity contribution in [3.8, 4) is 0 Å². The van der Waals surface area contributed by atoms with E-state index in [2.05, 4.69) is 18.2 Å². The predicted octanol–water partition coefficient (Wildman–Crippen LogP) is 3.49. The van der Waals surface area contributed by atoms with E-state index in [0.29, 0.717) is 13.2 Å². The lowest BCUT2D eigenvalue weighted by molar-refractivity contribution is -0.110. The molecule has 0 aliphatic rings. The maximum Gasteiger partial charge on any atom is 0.179 e. The third-order valence-electron chi connectivity index (χ3n) is 2.20. The highest BCUT2D eigenvalue weighted by Crippen LogP contribution is 2.13. The van der Waals surface area contributed by atoms with Crippen molar-refractivity contribution in [3.05, 3.63) is 41.5 Å². The van der Waals surface area contributed by atoms with Crippen LogP contribution >= 0.6 is 0 Å². The predicted molar refractivity (Wildman–Crippen MR) is 67.1 cm³/mol. The first-order chi connectivity index (χ1) is 7.77. The molecule has 0 saturated carbocycles. The minimum absolute atomic E-state index is 0.227. The first-order valence-corrected chi connectivity index (χ1v) is 5.74. The van der Waals surface area contributed by atoms with E-state index >= 15 is 0 Å². The van der Waals surface area contributed by atoms with E-state index in [1.165, 1.54) is 5.56 Å². The van der Waals surface area contributed by atoms with Gasteiger partial charge in [-0.2, -0.15) is 0 Å². The van der Waals surface area contributed by atoms with Crippen molar-refractivity contribution in [2.45, 2.75) is 27.1 Å². The maximum atomic E-state index is 5.53. The second-order valence-corrected chi connectivity index (χ2v) is 3.54. The molecule has 2 heteroatoms. The summed E-state index contributed by atoms with van der Waals surface area (Å²) in [6.45, 7) is 7.29. The van der Waals surface area contributed by atoms with Crippen LogP contribution in [0.4, 0.5) is 0 Å². The smallest absolute Gasteiger partial charge is 0.179 e. The van der Waals surface area contributed by atoms with Gasteiger partial charge in [0.2, 0.25) is 0 Å². The van der Waals surface area contributed by atoms with E-state index in [1.807, 2.05) is 39.0 Å². The molecule has 0 bridgehead atoms. The molecule has 2 nitrogen and oxygen atoms in total. The zero-order valence-corrected chi connectivity index (χ0v) is 10.3. The fourth-order valence-corrected chi connectivity index (χ4v) is 1.49. The van der Waals surface area contributed by atoms with Crippen molar-refractivity contribution in [2.24, 2.45) is 0 Å². The summed E-state index contributed by atoms with van der Waals surface area (Å²) in [6, 6.07) is 10.2. The third kappa shape index (κ3) is 4.17. The van der Waals surface area contributed by atoms with Crippen molar-refractivity contribution >= 4 is 6.08 Å². The summed E-state index contributed by atoms with van der Waals surface area (Å²) < 4.78 is 11.1. The first-order valence-electron chi connectivity index (χ1n) is 5.74. The Morgan fingerprint density at radius 2 is 1.69 bits per heavy atom. The lowest BCUT2D eigenvalue weighted by Crippen LogP contribution is -2.18. The van der Waals surface area contributed by atoms with Crippen LogP contribution in [-0.4, -0.2) is 19.5 Å². The topological polar surface area (TPSA) is 18.5 Å². The molecule has 1 rings (SSSR count). The van der Waals surface area contributed by atoms with Gasteiger partial charge in [-0.05, 0) is 31.9 Å². The second kappa shape index (κ2) is 7.20. The molecular formula is C14H20O2. The Morgan fingerprint density at radius 1 is 1.12 bits per heavy atom. The lowest BCUT2D eigenvalue weighted by Gasteiger charge is -2.17. The van der Waals surface area contributed by atoms with Crippen molar-refractivity contribution in [1.82, 2.24) is 0 Å². The highest BCUT2D eigenvalue weighted by atomic mass is 16.7. The Balaban J connectivity index is 2.73. The third-order valence-corrected chi connectivity index (χ3v) is 2.20. The molecule has 0 aromatic heterocycles. The standard InChI is InChI=1S/C14H20O2/c1-4-15-14(16-5-2)12(3)11-13-9-7-6-8-10-13/h6-11,14H,4-5H2,1-3H3. The van der Waals surface area contributed by atoms with Gasteiger partial charge in [-0.15, -0.1) is 0 Å². The van der Waals surface area contributed by atoms with Crippen LogP contribution < -0.4 is 0 Å². The van der Waals surface area contributed by atoms with Crippen molar-refractivity contribution in [2.75, 3.05) is 13.2 Å². The van der Waals surface area contributed by atoms with Crippen LogP contribution in [0.15, 0.2) is 35.9 Å². The van der Waals surface area contributed by atoms with Crippen LogP contribution in [0.25, 0.3) is 6.08 Å². The molecule has 88 valence electrons. The summed E-state index contributed by atoms with van der Waals surface area (Å²) in [6.07, 6.45) is 1.87. The van der Waals surface area contributed by atoms with Crippen LogP contribution in [0, 0.1) is 0 Å². The average Bonchev–Trinajstić information content (AvgIpc) is 2.30. The van der Waals surface area contributed by atoms with E-state index in [9.17, 15) is 0 Å². The molecule has 0 heterocycles. The van der Waals surface area contributed by atoms with Gasteiger partial charge in [-0.3, -0.25) is 0 Å². The first kappa shape index (κ1) is 12.9. The number of hydrogen-bond donors (Lipinski definition) is 0. The monoisotopic (exact) mass is 220 g/mol. The number of benzene rings is 1. The van der Waals surface area contributed by atoms with Gasteiger partial charge in [-0.25, -0.2) is 0 Å². The van der Waals surface area contributed by atoms with Gasteiger partial charge in [-0.1, -0.05) is 36.4 Å². The Hall–Kier alpha value is -1.12. The van der Waals surface area contributed by atoms with E-state index in [1.54, 1.807) is 0 Å². The Morgan fingerprint density at radius 3 is 2.19 bits per heavy atom. The van der Waals surface area contributed by atoms with Gasteiger partial charge in [0.05, 0.1) is 0 Å². The molecule has 0 aliphatic heterocycles. The van der Waals surface area contributed by atoms with E-state index in [4.69, 9.17) is 9.47 Å². The SMILES string of the molecule is CCOC(OCC)C(C)=Cc1ccccc1.